The van der Waals surface area contributed by atoms with E-state index in [-0.39, 0.29) is 17.3 Å². The SMILES string of the molecule is COC[C@](C)(F)c1ccnc(-n2cc(S(=O)(=O)Nc3cccc4cnn(C)c34)cn2)c1. The van der Waals surface area contributed by atoms with Gasteiger partial charge in [0.1, 0.15) is 4.90 Å². The maximum atomic E-state index is 14.8. The van der Waals surface area contributed by atoms with Crippen LogP contribution in [0.3, 0.4) is 0 Å². The number of nitrogens with zero attached hydrogens (tertiary/aromatic N) is 5. The second kappa shape index (κ2) is 7.75. The van der Waals surface area contributed by atoms with Crippen LogP contribution in [-0.2, 0) is 27.5 Å². The molecule has 0 bridgehead atoms. The van der Waals surface area contributed by atoms with Crippen LogP contribution in [0.4, 0.5) is 10.1 Å². The van der Waals surface area contributed by atoms with Crippen molar-refractivity contribution in [3.8, 4) is 5.82 Å². The third kappa shape index (κ3) is 4.01. The van der Waals surface area contributed by atoms with Gasteiger partial charge < -0.3 is 4.74 Å². The first-order valence-electron chi connectivity index (χ1n) is 9.34. The fourth-order valence-electron chi connectivity index (χ4n) is 3.31. The lowest BCUT2D eigenvalue weighted by molar-refractivity contribution is 0.0527. The molecular formula is C20H21FN6O3S. The van der Waals surface area contributed by atoms with Crippen LogP contribution >= 0.6 is 0 Å². The summed E-state index contributed by atoms with van der Waals surface area (Å²) in [6, 6.07) is 8.30. The molecule has 0 radical (unpaired) electrons. The molecule has 162 valence electrons. The van der Waals surface area contributed by atoms with Gasteiger partial charge >= 0.3 is 0 Å². The third-order valence-corrected chi connectivity index (χ3v) is 6.19. The van der Waals surface area contributed by atoms with Crippen LogP contribution in [0.15, 0.2) is 60.0 Å². The third-order valence-electron chi connectivity index (χ3n) is 4.87. The van der Waals surface area contributed by atoms with Crippen molar-refractivity contribution in [1.82, 2.24) is 24.5 Å². The fraction of sp³-hybridized carbons (Fsp3) is 0.250. The molecule has 0 unspecified atom stereocenters. The van der Waals surface area contributed by atoms with Crippen molar-refractivity contribution >= 4 is 26.6 Å². The summed E-state index contributed by atoms with van der Waals surface area (Å²) in [6.45, 7) is 1.27. The van der Waals surface area contributed by atoms with Gasteiger partial charge in [0.05, 0.1) is 36.4 Å². The summed E-state index contributed by atoms with van der Waals surface area (Å²) >= 11 is 0. The van der Waals surface area contributed by atoms with Crippen LogP contribution in [0, 0.1) is 0 Å². The molecule has 0 aliphatic rings. The largest absolute Gasteiger partial charge is 0.381 e. The quantitative estimate of drug-likeness (QED) is 0.470. The second-order valence-corrected chi connectivity index (χ2v) is 8.95. The molecule has 0 fully saturated rings. The van der Waals surface area contributed by atoms with Crippen molar-refractivity contribution in [2.24, 2.45) is 7.05 Å². The molecule has 0 aliphatic carbocycles. The lowest BCUT2D eigenvalue weighted by Gasteiger charge is -2.20. The number of fused-ring (bicyclic) bond motifs is 1. The van der Waals surface area contributed by atoms with Crippen LogP contribution in [0.1, 0.15) is 12.5 Å². The molecule has 3 aromatic heterocycles. The van der Waals surface area contributed by atoms with Gasteiger partial charge in [-0.05, 0) is 30.7 Å². The summed E-state index contributed by atoms with van der Waals surface area (Å²) in [5.74, 6) is 0.285. The van der Waals surface area contributed by atoms with Crippen LogP contribution in [0.5, 0.6) is 0 Å². The summed E-state index contributed by atoms with van der Waals surface area (Å²) in [7, 11) is -0.775. The van der Waals surface area contributed by atoms with Gasteiger partial charge in [-0.1, -0.05) is 12.1 Å². The zero-order chi connectivity index (χ0) is 22.2. The first-order valence-corrected chi connectivity index (χ1v) is 10.8. The Kier molecular flexibility index (Phi) is 5.23. The van der Waals surface area contributed by atoms with Gasteiger partial charge in [-0.25, -0.2) is 22.5 Å². The molecule has 31 heavy (non-hydrogen) atoms. The highest BCUT2D eigenvalue weighted by molar-refractivity contribution is 7.92. The molecule has 0 saturated heterocycles. The molecule has 4 aromatic rings. The number of benzene rings is 1. The molecular weight excluding hydrogens is 423 g/mol. The molecule has 0 spiro atoms. The first-order chi connectivity index (χ1) is 14.7. The van der Waals surface area contributed by atoms with Crippen LogP contribution in [-0.4, -0.2) is 46.7 Å². The van der Waals surface area contributed by atoms with Crippen molar-refractivity contribution in [3.05, 3.63) is 60.7 Å². The molecule has 0 aliphatic heterocycles. The average Bonchev–Trinajstić information content (AvgIpc) is 3.37. The number of halogens is 1. The predicted octanol–water partition coefficient (Wildman–Crippen LogP) is 2.79. The minimum Gasteiger partial charge on any atom is -0.381 e. The molecule has 9 nitrogen and oxygen atoms in total. The maximum absolute atomic E-state index is 14.8. The number of ether oxygens (including phenoxy) is 1. The van der Waals surface area contributed by atoms with Crippen LogP contribution in [0.25, 0.3) is 16.7 Å². The van der Waals surface area contributed by atoms with Gasteiger partial charge in [-0.2, -0.15) is 10.2 Å². The average molecular weight is 444 g/mol. The Hall–Kier alpha value is -3.31. The highest BCUT2D eigenvalue weighted by Crippen LogP contribution is 2.27. The lowest BCUT2D eigenvalue weighted by atomic mass is 10.00. The number of sulfonamides is 1. The molecule has 1 N–H and O–H groups in total. The standard InChI is InChI=1S/C20H21FN6O3S/c1-20(21,13-30-3)15-7-8-22-18(9-15)27-12-16(11-24-27)31(28,29)25-17-6-4-5-14-10-23-26(2)19(14)17/h4-12,25H,13H2,1-3H3/t20-/m0/s1. The van der Waals surface area contributed by atoms with E-state index in [4.69, 9.17) is 4.74 Å². The zero-order valence-corrected chi connectivity index (χ0v) is 18.0. The van der Waals surface area contributed by atoms with Crippen LogP contribution in [0.2, 0.25) is 0 Å². The summed E-state index contributed by atoms with van der Waals surface area (Å²) in [6.07, 6.45) is 5.63. The van der Waals surface area contributed by atoms with Crippen LogP contribution < -0.4 is 4.72 Å². The Morgan fingerprint density at radius 2 is 2.03 bits per heavy atom. The van der Waals surface area contributed by atoms with Crippen molar-refractivity contribution in [1.29, 1.82) is 0 Å². The number of methoxy groups -OCH3 is 1. The number of alkyl halides is 1. The number of hydrogen-bond acceptors (Lipinski definition) is 6. The Morgan fingerprint density at radius 1 is 1.23 bits per heavy atom. The summed E-state index contributed by atoms with van der Waals surface area (Å²) in [5, 5.41) is 9.07. The van der Waals surface area contributed by atoms with Gasteiger partial charge in [-0.3, -0.25) is 9.40 Å². The Morgan fingerprint density at radius 3 is 2.81 bits per heavy atom. The highest BCUT2D eigenvalue weighted by Gasteiger charge is 2.27. The van der Waals surface area contributed by atoms with Gasteiger partial charge in [0.15, 0.2) is 11.5 Å². The fourth-order valence-corrected chi connectivity index (χ4v) is 4.31. The highest BCUT2D eigenvalue weighted by atomic mass is 32.2. The predicted molar refractivity (Wildman–Crippen MR) is 113 cm³/mol. The van der Waals surface area contributed by atoms with E-state index >= 15 is 0 Å². The maximum Gasteiger partial charge on any atom is 0.265 e. The molecule has 1 aromatic carbocycles. The van der Waals surface area contributed by atoms with E-state index in [9.17, 15) is 12.8 Å². The smallest absolute Gasteiger partial charge is 0.265 e. The van der Waals surface area contributed by atoms with E-state index in [2.05, 4.69) is 19.9 Å². The van der Waals surface area contributed by atoms with E-state index in [1.54, 1.807) is 36.1 Å². The molecule has 1 atom stereocenters. The second-order valence-electron chi connectivity index (χ2n) is 7.27. The van der Waals surface area contributed by atoms with Gasteiger partial charge in [-0.15, -0.1) is 0 Å². The minimum atomic E-state index is -3.93. The van der Waals surface area contributed by atoms with Crippen molar-refractivity contribution in [3.63, 3.8) is 0 Å². The van der Waals surface area contributed by atoms with Gasteiger partial charge in [0, 0.05) is 25.7 Å². The molecule has 0 saturated carbocycles. The molecule has 4 rings (SSSR count). The van der Waals surface area contributed by atoms with Crippen molar-refractivity contribution in [2.75, 3.05) is 18.4 Å². The first kappa shape index (κ1) is 20.9. The van der Waals surface area contributed by atoms with Crippen molar-refractivity contribution in [2.45, 2.75) is 17.5 Å². The molecule has 0 amide bonds. The number of hydrogen-bond donors (Lipinski definition) is 1. The number of anilines is 1. The summed E-state index contributed by atoms with van der Waals surface area (Å²) in [5.41, 5.74) is -0.315. The number of aryl methyl sites for hydroxylation is 1. The summed E-state index contributed by atoms with van der Waals surface area (Å²) < 4.78 is 51.1. The van der Waals surface area contributed by atoms with E-state index in [1.807, 2.05) is 6.07 Å². The topological polar surface area (TPSA) is 104 Å². The van der Waals surface area contributed by atoms with E-state index in [0.717, 1.165) is 5.39 Å². The normalized spacial score (nSPS) is 13.9. The minimum absolute atomic E-state index is 0.0567. The number of pyridine rings is 1. The van der Waals surface area contributed by atoms with Gasteiger partial charge in [0.2, 0.25) is 0 Å². The zero-order valence-electron chi connectivity index (χ0n) is 17.2. The van der Waals surface area contributed by atoms with Crippen molar-refractivity contribution < 1.29 is 17.5 Å². The van der Waals surface area contributed by atoms with E-state index in [1.165, 1.54) is 43.4 Å². The lowest BCUT2D eigenvalue weighted by Crippen LogP contribution is -2.22. The van der Waals surface area contributed by atoms with Gasteiger partial charge in [0.25, 0.3) is 10.0 Å². The molecule has 11 heteroatoms. The Balaban J connectivity index is 1.65. The number of aromatic nitrogens is 5. The van der Waals surface area contributed by atoms with E-state index in [0.29, 0.717) is 16.8 Å². The summed E-state index contributed by atoms with van der Waals surface area (Å²) in [4.78, 5) is 4.12. The monoisotopic (exact) mass is 444 g/mol. The Labute approximate surface area is 178 Å². The Bertz CT molecular complexity index is 1350. The number of rotatable bonds is 7. The van der Waals surface area contributed by atoms with E-state index < -0.39 is 15.7 Å². The number of para-hydroxylation sites is 1. The molecule has 3 heterocycles. The number of nitrogens with one attached hydrogen (secondary N) is 1.